The van der Waals surface area contributed by atoms with E-state index < -0.39 is 5.91 Å². The van der Waals surface area contributed by atoms with Gasteiger partial charge in [0.2, 0.25) is 0 Å². The predicted octanol–water partition coefficient (Wildman–Crippen LogP) is 3.13. The molecule has 1 aromatic carbocycles. The van der Waals surface area contributed by atoms with Gasteiger partial charge < -0.3 is 9.47 Å². The van der Waals surface area contributed by atoms with Crippen LogP contribution in [0, 0.1) is 11.3 Å². The molecule has 2 N–H and O–H groups in total. The maximum absolute atomic E-state index is 11.2. The quantitative estimate of drug-likeness (QED) is 0.269. The number of amides is 1. The Balaban J connectivity index is 2.28. The van der Waals surface area contributed by atoms with Gasteiger partial charge in [0.25, 0.3) is 5.91 Å². The lowest BCUT2D eigenvalue weighted by molar-refractivity contribution is -0.124. The van der Waals surface area contributed by atoms with Gasteiger partial charge in [-0.15, -0.1) is 0 Å². The maximum atomic E-state index is 11.2. The number of nitrogens with zero attached hydrogens (tertiary/aromatic N) is 4. The van der Waals surface area contributed by atoms with E-state index in [1.54, 1.807) is 11.6 Å². The summed E-state index contributed by atoms with van der Waals surface area (Å²) in [5.74, 6) is 0.470. The van der Waals surface area contributed by atoms with E-state index in [1.165, 1.54) is 6.08 Å². The van der Waals surface area contributed by atoms with Crippen molar-refractivity contribution in [1.82, 2.24) is 19.9 Å². The number of aromatic nitrogens is 2. The molecule has 0 radical (unpaired) electrons. The summed E-state index contributed by atoms with van der Waals surface area (Å²) in [6.07, 6.45) is 6.15. The molecule has 1 heterocycles. The molecule has 0 spiro atoms. The molecule has 1 aromatic heterocycles. The Morgan fingerprint density at radius 1 is 1.36 bits per heavy atom. The van der Waals surface area contributed by atoms with Gasteiger partial charge in [0.15, 0.2) is 0 Å². The van der Waals surface area contributed by atoms with E-state index in [9.17, 15) is 4.79 Å². The standard InChI is InChI=1S/C21H29N5O2/c1-3-25(4-2)14-15-26-19-11-9-17(10-12-21(27)24-28)16-18(19)23-20(26)8-6-5-7-13-22/h9-12,16,28H,3-8,14-15H2,1-2H3,(H,24,27)/b12-10+. The minimum atomic E-state index is -0.567. The third-order valence-corrected chi connectivity index (χ3v) is 4.86. The highest BCUT2D eigenvalue weighted by Gasteiger charge is 2.12. The summed E-state index contributed by atoms with van der Waals surface area (Å²) in [6.45, 7) is 8.19. The molecular formula is C21H29N5O2. The lowest BCUT2D eigenvalue weighted by Crippen LogP contribution is -2.27. The number of hydrogen-bond acceptors (Lipinski definition) is 5. The Labute approximate surface area is 166 Å². The average molecular weight is 383 g/mol. The third-order valence-electron chi connectivity index (χ3n) is 4.86. The van der Waals surface area contributed by atoms with Crippen LogP contribution in [0.1, 0.15) is 44.5 Å². The van der Waals surface area contributed by atoms with Gasteiger partial charge in [-0.25, -0.2) is 10.5 Å². The van der Waals surface area contributed by atoms with Gasteiger partial charge in [0, 0.05) is 32.0 Å². The number of nitrogens with one attached hydrogen (secondary N) is 1. The van der Waals surface area contributed by atoms with E-state index in [1.807, 2.05) is 18.2 Å². The zero-order valence-corrected chi connectivity index (χ0v) is 16.7. The normalized spacial score (nSPS) is 11.4. The number of hydroxylamine groups is 1. The highest BCUT2D eigenvalue weighted by Crippen LogP contribution is 2.20. The molecule has 0 aliphatic rings. The summed E-state index contributed by atoms with van der Waals surface area (Å²) >= 11 is 0. The van der Waals surface area contributed by atoms with E-state index in [-0.39, 0.29) is 0 Å². The zero-order chi connectivity index (χ0) is 20.4. The van der Waals surface area contributed by atoms with Crippen LogP contribution < -0.4 is 5.48 Å². The van der Waals surface area contributed by atoms with Crippen LogP contribution in [0.2, 0.25) is 0 Å². The smallest absolute Gasteiger partial charge is 0.267 e. The molecule has 2 aromatic rings. The second-order valence-electron chi connectivity index (χ2n) is 6.63. The monoisotopic (exact) mass is 383 g/mol. The van der Waals surface area contributed by atoms with Crippen LogP contribution in [0.5, 0.6) is 0 Å². The fourth-order valence-electron chi connectivity index (χ4n) is 3.22. The number of hydrogen-bond donors (Lipinski definition) is 2. The minimum absolute atomic E-state index is 0.567. The van der Waals surface area contributed by atoms with Crippen LogP contribution in [-0.2, 0) is 17.8 Å². The second-order valence-corrected chi connectivity index (χ2v) is 6.63. The van der Waals surface area contributed by atoms with Gasteiger partial charge in [-0.1, -0.05) is 19.9 Å². The van der Waals surface area contributed by atoms with Gasteiger partial charge in [0.05, 0.1) is 17.1 Å². The Kier molecular flexibility index (Phi) is 8.66. The maximum Gasteiger partial charge on any atom is 0.267 e. The largest absolute Gasteiger partial charge is 0.327 e. The molecule has 28 heavy (non-hydrogen) atoms. The number of nitriles is 1. The van der Waals surface area contributed by atoms with Crippen molar-refractivity contribution in [3.8, 4) is 6.07 Å². The summed E-state index contributed by atoms with van der Waals surface area (Å²) < 4.78 is 2.27. The molecule has 2 rings (SSSR count). The summed E-state index contributed by atoms with van der Waals surface area (Å²) in [7, 11) is 0. The van der Waals surface area contributed by atoms with Gasteiger partial charge >= 0.3 is 0 Å². The summed E-state index contributed by atoms with van der Waals surface area (Å²) in [5.41, 5.74) is 4.40. The first-order chi connectivity index (χ1) is 13.6. The molecule has 0 bridgehead atoms. The number of benzene rings is 1. The Bertz CT molecular complexity index is 846. The predicted molar refractivity (Wildman–Crippen MR) is 110 cm³/mol. The van der Waals surface area contributed by atoms with Crippen molar-refractivity contribution in [3.63, 3.8) is 0 Å². The van der Waals surface area contributed by atoms with Crippen LogP contribution in [0.3, 0.4) is 0 Å². The SMILES string of the molecule is CCN(CC)CCn1c(CCCCC#N)nc2cc(/C=C/C(=O)NO)ccc21. The van der Waals surface area contributed by atoms with Crippen LogP contribution in [0.25, 0.3) is 17.1 Å². The Hall–Kier alpha value is -2.69. The van der Waals surface area contributed by atoms with E-state index in [0.717, 1.165) is 67.9 Å². The summed E-state index contributed by atoms with van der Waals surface area (Å²) in [6, 6.07) is 8.11. The first-order valence-corrected chi connectivity index (χ1v) is 9.83. The Morgan fingerprint density at radius 2 is 2.14 bits per heavy atom. The number of aryl methyl sites for hydroxylation is 1. The highest BCUT2D eigenvalue weighted by atomic mass is 16.5. The number of likely N-dealkylation sites (N-methyl/N-ethyl adjacent to an activating group) is 1. The molecule has 0 aliphatic heterocycles. The highest BCUT2D eigenvalue weighted by molar-refractivity contribution is 5.91. The van der Waals surface area contributed by atoms with E-state index >= 15 is 0 Å². The van der Waals surface area contributed by atoms with Crippen molar-refractivity contribution in [2.24, 2.45) is 0 Å². The number of unbranched alkanes of at least 4 members (excludes halogenated alkanes) is 2. The Morgan fingerprint density at radius 3 is 2.82 bits per heavy atom. The fourth-order valence-corrected chi connectivity index (χ4v) is 3.22. The first kappa shape index (κ1) is 21.6. The van der Waals surface area contributed by atoms with Crippen molar-refractivity contribution in [3.05, 3.63) is 35.7 Å². The fraction of sp³-hybridized carbons (Fsp3) is 0.476. The molecule has 1 amide bonds. The molecule has 0 unspecified atom stereocenters. The number of imidazole rings is 1. The third kappa shape index (κ3) is 5.91. The molecule has 0 saturated carbocycles. The van der Waals surface area contributed by atoms with Crippen LogP contribution >= 0.6 is 0 Å². The number of fused-ring (bicyclic) bond motifs is 1. The van der Waals surface area contributed by atoms with Crippen molar-refractivity contribution in [2.45, 2.75) is 46.1 Å². The molecule has 0 fully saturated rings. The second kappa shape index (κ2) is 11.2. The van der Waals surface area contributed by atoms with E-state index in [4.69, 9.17) is 15.5 Å². The zero-order valence-electron chi connectivity index (χ0n) is 16.7. The lowest BCUT2D eigenvalue weighted by Gasteiger charge is -2.19. The molecule has 7 nitrogen and oxygen atoms in total. The lowest BCUT2D eigenvalue weighted by atomic mass is 10.2. The number of rotatable bonds is 11. The van der Waals surface area contributed by atoms with Crippen molar-refractivity contribution < 1.29 is 10.0 Å². The van der Waals surface area contributed by atoms with E-state index in [0.29, 0.717) is 6.42 Å². The number of carbonyl (C=O) groups excluding carboxylic acids is 1. The minimum Gasteiger partial charge on any atom is -0.327 e. The summed E-state index contributed by atoms with van der Waals surface area (Å²) in [5, 5.41) is 17.3. The van der Waals surface area contributed by atoms with Gasteiger partial charge in [-0.2, -0.15) is 5.26 Å². The van der Waals surface area contributed by atoms with Crippen LogP contribution in [0.15, 0.2) is 24.3 Å². The van der Waals surface area contributed by atoms with Crippen molar-refractivity contribution in [1.29, 1.82) is 5.26 Å². The van der Waals surface area contributed by atoms with Gasteiger partial charge in [-0.05, 0) is 49.7 Å². The molecule has 0 atom stereocenters. The molecule has 150 valence electrons. The van der Waals surface area contributed by atoms with Crippen LogP contribution in [-0.4, -0.2) is 45.2 Å². The molecular weight excluding hydrogens is 354 g/mol. The molecule has 0 aliphatic carbocycles. The topological polar surface area (TPSA) is 94.2 Å². The molecule has 0 saturated heterocycles. The van der Waals surface area contributed by atoms with Crippen molar-refractivity contribution >= 4 is 23.0 Å². The first-order valence-electron chi connectivity index (χ1n) is 9.83. The van der Waals surface area contributed by atoms with Gasteiger partial charge in [-0.3, -0.25) is 10.0 Å². The number of carbonyl (C=O) groups is 1. The van der Waals surface area contributed by atoms with E-state index in [2.05, 4.69) is 29.4 Å². The van der Waals surface area contributed by atoms with Gasteiger partial charge in [0.1, 0.15) is 5.82 Å². The average Bonchev–Trinajstić information content (AvgIpc) is 3.06. The van der Waals surface area contributed by atoms with Crippen molar-refractivity contribution in [2.75, 3.05) is 19.6 Å². The molecule has 7 heteroatoms. The van der Waals surface area contributed by atoms with Crippen LogP contribution in [0.4, 0.5) is 0 Å². The summed E-state index contributed by atoms with van der Waals surface area (Å²) in [4.78, 5) is 18.4.